The topological polar surface area (TPSA) is 70.5 Å². The molecule has 0 aliphatic carbocycles. The number of nitrogens with zero attached hydrogens (tertiary/aromatic N) is 2. The molecule has 1 atom stereocenters. The van der Waals surface area contributed by atoms with Crippen molar-refractivity contribution in [1.29, 1.82) is 0 Å². The average molecular weight is 292 g/mol. The van der Waals surface area contributed by atoms with Crippen molar-refractivity contribution in [3.8, 4) is 0 Å². The summed E-state index contributed by atoms with van der Waals surface area (Å²) in [4.78, 5) is 26.3. The fourth-order valence-corrected chi connectivity index (χ4v) is 1.98. The van der Waals surface area contributed by atoms with Crippen LogP contribution < -0.4 is 4.90 Å². The molecule has 1 saturated heterocycles. The molecule has 0 spiro atoms. The second-order valence-corrected chi connectivity index (χ2v) is 4.16. The maximum absolute atomic E-state index is 13.3. The number of aromatic nitrogens is 1. The molecule has 1 amide bonds. The van der Waals surface area contributed by atoms with E-state index in [9.17, 15) is 27.2 Å². The molecule has 0 radical (unpaired) electrons. The number of anilines is 1. The normalized spacial score (nSPS) is 19.5. The Morgan fingerprint density at radius 2 is 2.05 bits per heavy atom. The largest absolute Gasteiger partial charge is 0.480 e. The van der Waals surface area contributed by atoms with Crippen molar-refractivity contribution in [2.45, 2.75) is 25.1 Å². The van der Waals surface area contributed by atoms with Crippen LogP contribution in [0.25, 0.3) is 0 Å². The van der Waals surface area contributed by atoms with Crippen LogP contribution in [0.2, 0.25) is 0 Å². The highest BCUT2D eigenvalue weighted by molar-refractivity contribution is 6.01. The minimum atomic E-state index is -4.91. The molecule has 0 unspecified atom stereocenters. The van der Waals surface area contributed by atoms with E-state index >= 15 is 0 Å². The molecular weight excluding hydrogens is 284 g/mol. The number of amides is 1. The zero-order valence-corrected chi connectivity index (χ0v) is 9.82. The third-order valence-electron chi connectivity index (χ3n) is 2.88. The van der Waals surface area contributed by atoms with E-state index < -0.39 is 41.4 Å². The second-order valence-electron chi connectivity index (χ2n) is 4.16. The number of aliphatic carboxylic acids is 1. The standard InChI is InChI=1S/C11H8F4N2O3/c12-9-5(11(13,14)15)1-3-7(16-9)17-6(10(19)20)2-4-8(17)18/h1,3,6H,2,4H2,(H,19,20)/t6-/m0/s1. The van der Waals surface area contributed by atoms with Gasteiger partial charge < -0.3 is 5.11 Å². The predicted molar refractivity (Wildman–Crippen MR) is 57.3 cm³/mol. The van der Waals surface area contributed by atoms with E-state index in [-0.39, 0.29) is 12.8 Å². The summed E-state index contributed by atoms with van der Waals surface area (Å²) in [6.45, 7) is 0. The summed E-state index contributed by atoms with van der Waals surface area (Å²) < 4.78 is 50.5. The van der Waals surface area contributed by atoms with Gasteiger partial charge in [0.1, 0.15) is 17.4 Å². The summed E-state index contributed by atoms with van der Waals surface area (Å²) in [6.07, 6.45) is -4.99. The van der Waals surface area contributed by atoms with Gasteiger partial charge in [0.2, 0.25) is 11.9 Å². The predicted octanol–water partition coefficient (Wildman–Crippen LogP) is 1.82. The first-order chi connectivity index (χ1) is 9.21. The van der Waals surface area contributed by atoms with Gasteiger partial charge in [-0.15, -0.1) is 0 Å². The molecule has 5 nitrogen and oxygen atoms in total. The third-order valence-corrected chi connectivity index (χ3v) is 2.88. The van der Waals surface area contributed by atoms with Gasteiger partial charge in [-0.1, -0.05) is 0 Å². The van der Waals surface area contributed by atoms with Crippen molar-refractivity contribution >= 4 is 17.7 Å². The lowest BCUT2D eigenvalue weighted by atomic mass is 10.2. The molecule has 2 rings (SSSR count). The Hall–Kier alpha value is -2.19. The molecule has 108 valence electrons. The van der Waals surface area contributed by atoms with Gasteiger partial charge in [0.05, 0.1) is 0 Å². The van der Waals surface area contributed by atoms with Crippen LogP contribution in [0, 0.1) is 5.95 Å². The number of halogens is 4. The quantitative estimate of drug-likeness (QED) is 0.666. The number of carboxylic acid groups (broad SMARTS) is 1. The summed E-state index contributed by atoms with van der Waals surface area (Å²) in [7, 11) is 0. The second kappa shape index (κ2) is 4.73. The lowest BCUT2D eigenvalue weighted by Crippen LogP contribution is -2.39. The van der Waals surface area contributed by atoms with Gasteiger partial charge in [0.25, 0.3) is 0 Å². The fourth-order valence-electron chi connectivity index (χ4n) is 1.98. The molecular formula is C11H8F4N2O3. The summed E-state index contributed by atoms with van der Waals surface area (Å²) in [5.74, 6) is -4.17. The van der Waals surface area contributed by atoms with E-state index in [0.717, 1.165) is 6.07 Å². The number of pyridine rings is 1. The highest BCUT2D eigenvalue weighted by Gasteiger charge is 2.40. The van der Waals surface area contributed by atoms with Crippen LogP contribution >= 0.6 is 0 Å². The van der Waals surface area contributed by atoms with Crippen molar-refractivity contribution in [1.82, 2.24) is 4.98 Å². The fraction of sp³-hybridized carbons (Fsp3) is 0.364. The van der Waals surface area contributed by atoms with Crippen LogP contribution in [0.1, 0.15) is 18.4 Å². The highest BCUT2D eigenvalue weighted by atomic mass is 19.4. The van der Waals surface area contributed by atoms with Crippen molar-refractivity contribution in [2.75, 3.05) is 4.90 Å². The molecule has 0 bridgehead atoms. The zero-order chi connectivity index (χ0) is 15.1. The van der Waals surface area contributed by atoms with Crippen molar-refractivity contribution in [2.24, 2.45) is 0 Å². The summed E-state index contributed by atoms with van der Waals surface area (Å²) >= 11 is 0. The molecule has 1 N–H and O–H groups in total. The van der Waals surface area contributed by atoms with Crippen LogP contribution in [0.15, 0.2) is 12.1 Å². The number of alkyl halides is 3. The van der Waals surface area contributed by atoms with Crippen molar-refractivity contribution in [3.63, 3.8) is 0 Å². The van der Waals surface area contributed by atoms with Gasteiger partial charge in [-0.3, -0.25) is 9.69 Å². The molecule has 2 heterocycles. The van der Waals surface area contributed by atoms with Gasteiger partial charge in [0, 0.05) is 6.42 Å². The van der Waals surface area contributed by atoms with Crippen LogP contribution in [0.4, 0.5) is 23.4 Å². The number of hydrogen-bond donors (Lipinski definition) is 1. The monoisotopic (exact) mass is 292 g/mol. The highest BCUT2D eigenvalue weighted by Crippen LogP contribution is 2.33. The molecule has 1 aromatic heterocycles. The van der Waals surface area contributed by atoms with E-state index in [2.05, 4.69) is 4.98 Å². The number of rotatable bonds is 2. The number of hydrogen-bond acceptors (Lipinski definition) is 3. The van der Waals surface area contributed by atoms with Gasteiger partial charge in [-0.25, -0.2) is 9.78 Å². The van der Waals surface area contributed by atoms with E-state index in [0.29, 0.717) is 11.0 Å². The molecule has 1 aromatic rings. The minimum absolute atomic E-state index is 0.00150. The van der Waals surface area contributed by atoms with Crippen molar-refractivity contribution < 1.29 is 32.3 Å². The molecule has 1 aliphatic rings. The van der Waals surface area contributed by atoms with E-state index in [1.807, 2.05) is 0 Å². The van der Waals surface area contributed by atoms with E-state index in [1.165, 1.54) is 0 Å². The molecule has 1 fully saturated rings. The van der Waals surface area contributed by atoms with Crippen LogP contribution in [0.5, 0.6) is 0 Å². The molecule has 20 heavy (non-hydrogen) atoms. The Balaban J connectivity index is 2.41. The van der Waals surface area contributed by atoms with Crippen LogP contribution in [-0.2, 0) is 15.8 Å². The first-order valence-corrected chi connectivity index (χ1v) is 5.50. The maximum Gasteiger partial charge on any atom is 0.420 e. The Morgan fingerprint density at radius 3 is 2.55 bits per heavy atom. The number of carbonyl (C=O) groups excluding carboxylic acids is 1. The minimum Gasteiger partial charge on any atom is -0.480 e. The first kappa shape index (κ1) is 14.2. The Bertz CT molecular complexity index is 573. The SMILES string of the molecule is O=C(O)[C@@H]1CCC(=O)N1c1ccc(C(F)(F)F)c(F)n1. The number of carbonyl (C=O) groups is 2. The average Bonchev–Trinajstić information content (AvgIpc) is 2.69. The Kier molecular flexibility index (Phi) is 3.36. The number of carboxylic acids is 1. The summed E-state index contributed by atoms with van der Waals surface area (Å²) in [6, 6.07) is -0.0288. The zero-order valence-electron chi connectivity index (χ0n) is 9.82. The maximum atomic E-state index is 13.3. The van der Waals surface area contributed by atoms with Gasteiger partial charge in [-0.05, 0) is 18.6 Å². The van der Waals surface area contributed by atoms with Gasteiger partial charge >= 0.3 is 12.1 Å². The lowest BCUT2D eigenvalue weighted by Gasteiger charge is -2.21. The molecule has 1 aliphatic heterocycles. The Labute approximate surface area is 109 Å². The van der Waals surface area contributed by atoms with Gasteiger partial charge in [-0.2, -0.15) is 17.6 Å². The molecule has 0 aromatic carbocycles. The molecule has 9 heteroatoms. The smallest absolute Gasteiger partial charge is 0.420 e. The van der Waals surface area contributed by atoms with Crippen LogP contribution in [-0.4, -0.2) is 28.0 Å². The van der Waals surface area contributed by atoms with Gasteiger partial charge in [0.15, 0.2) is 0 Å². The lowest BCUT2D eigenvalue weighted by molar-refractivity contribution is -0.141. The van der Waals surface area contributed by atoms with E-state index in [4.69, 9.17) is 5.11 Å². The van der Waals surface area contributed by atoms with E-state index in [1.54, 1.807) is 0 Å². The molecule has 0 saturated carbocycles. The van der Waals surface area contributed by atoms with Crippen LogP contribution in [0.3, 0.4) is 0 Å². The van der Waals surface area contributed by atoms with Crippen molar-refractivity contribution in [3.05, 3.63) is 23.6 Å². The third kappa shape index (κ3) is 2.43. The summed E-state index contributed by atoms with van der Waals surface area (Å²) in [5.41, 5.74) is -1.57. The summed E-state index contributed by atoms with van der Waals surface area (Å²) in [5, 5.41) is 8.92. The Morgan fingerprint density at radius 1 is 1.40 bits per heavy atom. The first-order valence-electron chi connectivity index (χ1n) is 5.50.